The Balaban J connectivity index is 1.58. The molecule has 1 atom stereocenters. The Morgan fingerprint density at radius 3 is 2.51 bits per heavy atom. The van der Waals surface area contributed by atoms with Crippen molar-refractivity contribution in [2.45, 2.75) is 46.4 Å². The quantitative estimate of drug-likeness (QED) is 0.146. The molecular weight excluding hydrogens is 816 g/mol. The Morgan fingerprint density at radius 2 is 1.82 bits per heavy atom. The number of ether oxygens (including phenoxy) is 3. The van der Waals surface area contributed by atoms with Crippen LogP contribution in [0.25, 0.3) is 6.08 Å². The molecule has 5 rings (SSSR count). The number of esters is 1. The van der Waals surface area contributed by atoms with E-state index in [4.69, 9.17) is 19.2 Å². The molecule has 2 heterocycles. The summed E-state index contributed by atoms with van der Waals surface area (Å²) in [6, 6.07) is 20.1. The molecule has 1 aliphatic rings. The summed E-state index contributed by atoms with van der Waals surface area (Å²) in [7, 11) is 0. The summed E-state index contributed by atoms with van der Waals surface area (Å²) in [6.07, 6.45) is 1.72. The monoisotopic (exact) mass is 845 g/mol. The predicted octanol–water partition coefficient (Wildman–Crippen LogP) is 6.25. The van der Waals surface area contributed by atoms with Crippen LogP contribution in [-0.2, 0) is 16.1 Å². The van der Waals surface area contributed by atoms with Gasteiger partial charge >= 0.3 is 5.97 Å². The van der Waals surface area contributed by atoms with E-state index in [1.54, 1.807) is 24.5 Å². The highest BCUT2D eigenvalue weighted by Crippen LogP contribution is 2.36. The van der Waals surface area contributed by atoms with Gasteiger partial charge in [0, 0.05) is 11.1 Å². The van der Waals surface area contributed by atoms with Crippen LogP contribution in [0.4, 0.5) is 0 Å². The van der Waals surface area contributed by atoms with E-state index >= 15 is 0 Å². The van der Waals surface area contributed by atoms with Gasteiger partial charge in [0.2, 0.25) is 0 Å². The highest BCUT2D eigenvalue weighted by Gasteiger charge is 2.35. The summed E-state index contributed by atoms with van der Waals surface area (Å²) in [4.78, 5) is 32.6. The minimum Gasteiger partial charge on any atom is -0.491 e. The average Bonchev–Trinajstić information content (AvgIpc) is 3.30. The molecule has 0 spiro atoms. The van der Waals surface area contributed by atoms with E-state index in [1.807, 2.05) is 74.5 Å². The molecule has 0 amide bonds. The van der Waals surface area contributed by atoms with Crippen molar-refractivity contribution >= 4 is 68.6 Å². The van der Waals surface area contributed by atoms with Crippen molar-refractivity contribution < 1.29 is 19.0 Å². The summed E-state index contributed by atoms with van der Waals surface area (Å²) < 4.78 is 21.5. The third-order valence-electron chi connectivity index (χ3n) is 6.92. The lowest BCUT2D eigenvalue weighted by Crippen LogP contribution is -2.40. The number of nitrogens with zero attached hydrogens (tertiary/aromatic N) is 3. The first-order valence-electron chi connectivity index (χ1n) is 14.2. The van der Waals surface area contributed by atoms with E-state index in [0.29, 0.717) is 43.2 Å². The number of halogens is 2. The molecular formula is C34H29I2N3O5S. The number of fused-ring (bicyclic) bond motifs is 1. The Morgan fingerprint density at radius 1 is 1.13 bits per heavy atom. The smallest absolute Gasteiger partial charge is 0.338 e. The van der Waals surface area contributed by atoms with Crippen LogP contribution in [0.15, 0.2) is 81.7 Å². The topological polar surface area (TPSA) is 103 Å². The lowest BCUT2D eigenvalue weighted by atomic mass is 9.95. The second-order valence-electron chi connectivity index (χ2n) is 10.4. The zero-order chi connectivity index (χ0) is 32.2. The van der Waals surface area contributed by atoms with Crippen molar-refractivity contribution in [2.24, 2.45) is 4.99 Å². The van der Waals surface area contributed by atoms with Crippen LogP contribution < -0.4 is 24.4 Å². The third-order valence-corrected chi connectivity index (χ3v) is 9.51. The van der Waals surface area contributed by atoms with Crippen molar-refractivity contribution in [3.05, 3.63) is 121 Å². The SMILES string of the molecule is CCOC(=O)C1=C(C)N=c2s/c(=C/c3cc(I)c(OCc4ccccc4C#N)c(I)c3)c(=O)n2[C@@H]1c1ccccc1OC(C)C. The van der Waals surface area contributed by atoms with Crippen molar-refractivity contribution in [1.29, 1.82) is 5.26 Å². The number of hydrogen-bond acceptors (Lipinski definition) is 8. The van der Waals surface area contributed by atoms with E-state index < -0.39 is 12.0 Å². The minimum absolute atomic E-state index is 0.115. The van der Waals surface area contributed by atoms with Crippen LogP contribution in [0.5, 0.6) is 11.5 Å². The lowest BCUT2D eigenvalue weighted by molar-refractivity contribution is -0.139. The molecule has 1 aliphatic heterocycles. The number of nitriles is 1. The predicted molar refractivity (Wildman–Crippen MR) is 190 cm³/mol. The highest BCUT2D eigenvalue weighted by atomic mass is 127. The summed E-state index contributed by atoms with van der Waals surface area (Å²) in [5.74, 6) is 0.772. The first-order valence-corrected chi connectivity index (χ1v) is 17.1. The number of rotatable bonds is 9. The summed E-state index contributed by atoms with van der Waals surface area (Å²) in [5, 5.41) is 9.42. The third kappa shape index (κ3) is 7.02. The molecule has 8 nitrogen and oxygen atoms in total. The molecule has 230 valence electrons. The molecule has 0 saturated carbocycles. The van der Waals surface area contributed by atoms with Crippen LogP contribution in [0.1, 0.15) is 56.0 Å². The number of carbonyl (C=O) groups excluding carboxylic acids is 1. The van der Waals surface area contributed by atoms with Gasteiger partial charge in [0.25, 0.3) is 5.56 Å². The number of para-hydroxylation sites is 1. The second kappa shape index (κ2) is 14.3. The van der Waals surface area contributed by atoms with Gasteiger partial charge in [0.1, 0.15) is 24.1 Å². The van der Waals surface area contributed by atoms with Gasteiger partial charge in [0.05, 0.1) is 47.3 Å². The van der Waals surface area contributed by atoms with Gasteiger partial charge in [-0.25, -0.2) is 9.79 Å². The first-order chi connectivity index (χ1) is 21.6. The van der Waals surface area contributed by atoms with Crippen LogP contribution >= 0.6 is 56.5 Å². The number of carbonyl (C=O) groups is 1. The number of allylic oxidation sites excluding steroid dienone is 1. The number of aromatic nitrogens is 1. The fourth-order valence-electron chi connectivity index (χ4n) is 5.01. The number of hydrogen-bond donors (Lipinski definition) is 0. The van der Waals surface area contributed by atoms with Gasteiger partial charge in [-0.05, 0) is 109 Å². The van der Waals surface area contributed by atoms with E-state index in [1.165, 1.54) is 11.3 Å². The van der Waals surface area contributed by atoms with Gasteiger partial charge in [-0.1, -0.05) is 47.7 Å². The van der Waals surface area contributed by atoms with Crippen molar-refractivity contribution in [3.63, 3.8) is 0 Å². The lowest BCUT2D eigenvalue weighted by Gasteiger charge is -2.26. The average molecular weight is 845 g/mol. The maximum atomic E-state index is 14.1. The van der Waals surface area contributed by atoms with Gasteiger partial charge in [0.15, 0.2) is 4.80 Å². The number of benzene rings is 3. The van der Waals surface area contributed by atoms with E-state index in [2.05, 4.69) is 51.3 Å². The summed E-state index contributed by atoms with van der Waals surface area (Å²) in [5.41, 5.74) is 3.42. The van der Waals surface area contributed by atoms with Crippen LogP contribution in [0, 0.1) is 18.5 Å². The van der Waals surface area contributed by atoms with E-state index in [0.717, 1.165) is 18.3 Å². The molecule has 0 N–H and O–H groups in total. The van der Waals surface area contributed by atoms with Gasteiger partial charge in [-0.2, -0.15) is 5.26 Å². The van der Waals surface area contributed by atoms with Gasteiger partial charge in [-0.15, -0.1) is 0 Å². The molecule has 0 fully saturated rings. The second-order valence-corrected chi connectivity index (χ2v) is 13.7. The molecule has 4 aromatic rings. The minimum atomic E-state index is -0.773. The van der Waals surface area contributed by atoms with Gasteiger partial charge in [-0.3, -0.25) is 9.36 Å². The normalized spacial score (nSPS) is 14.5. The molecule has 1 aromatic heterocycles. The zero-order valence-electron chi connectivity index (χ0n) is 25.0. The maximum absolute atomic E-state index is 14.1. The van der Waals surface area contributed by atoms with Crippen molar-refractivity contribution in [1.82, 2.24) is 4.57 Å². The van der Waals surface area contributed by atoms with E-state index in [9.17, 15) is 14.9 Å². The van der Waals surface area contributed by atoms with Crippen molar-refractivity contribution in [2.75, 3.05) is 6.61 Å². The summed E-state index contributed by atoms with van der Waals surface area (Å²) in [6.45, 7) is 7.83. The van der Waals surface area contributed by atoms with Crippen LogP contribution in [0.3, 0.4) is 0 Å². The van der Waals surface area contributed by atoms with Crippen molar-refractivity contribution in [3.8, 4) is 17.6 Å². The zero-order valence-corrected chi connectivity index (χ0v) is 30.1. The number of thiazole rings is 1. The van der Waals surface area contributed by atoms with Crippen LogP contribution in [-0.4, -0.2) is 23.2 Å². The Labute approximate surface area is 292 Å². The van der Waals surface area contributed by atoms with E-state index in [-0.39, 0.29) is 24.9 Å². The molecule has 0 saturated heterocycles. The summed E-state index contributed by atoms with van der Waals surface area (Å²) >= 11 is 5.71. The largest absolute Gasteiger partial charge is 0.491 e. The highest BCUT2D eigenvalue weighted by molar-refractivity contribution is 14.1. The first kappa shape index (κ1) is 32.9. The standard InChI is InChI=1S/C34H29I2N3O5S/c1-5-42-33(41)29-20(4)38-34-39(30(29)24-12-8-9-13-27(24)44-19(2)3)32(40)28(45-34)16-21-14-25(35)31(26(36)15-21)43-18-23-11-7-6-10-22(23)17-37/h6-16,19,30H,5,18H2,1-4H3/b28-16+/t30-/m1/s1. The molecule has 0 radical (unpaired) electrons. The molecule has 0 bridgehead atoms. The fourth-order valence-corrected chi connectivity index (χ4v) is 8.19. The van der Waals surface area contributed by atoms with Gasteiger partial charge < -0.3 is 14.2 Å². The molecule has 0 unspecified atom stereocenters. The Bertz CT molecular complexity index is 2020. The Hall–Kier alpha value is -3.48. The fraction of sp³-hybridized carbons (Fsp3) is 0.235. The molecule has 45 heavy (non-hydrogen) atoms. The molecule has 0 aliphatic carbocycles. The molecule has 11 heteroatoms. The van der Waals surface area contributed by atoms with Crippen LogP contribution in [0.2, 0.25) is 0 Å². The Kier molecular flexibility index (Phi) is 10.5. The maximum Gasteiger partial charge on any atom is 0.338 e. The molecule has 3 aromatic carbocycles.